The van der Waals surface area contributed by atoms with Crippen LogP contribution in [-0.2, 0) is 13.0 Å². The van der Waals surface area contributed by atoms with Crippen LogP contribution in [-0.4, -0.2) is 30.8 Å². The van der Waals surface area contributed by atoms with E-state index in [9.17, 15) is 0 Å². The molecule has 96 valence electrons. The lowest BCUT2D eigenvalue weighted by Crippen LogP contribution is -2.32. The number of anilines is 1. The predicted octanol–water partition coefficient (Wildman–Crippen LogP) is 1.71. The van der Waals surface area contributed by atoms with Crippen molar-refractivity contribution in [1.82, 2.24) is 24.7 Å². The zero-order chi connectivity index (χ0) is 12.7. The van der Waals surface area contributed by atoms with E-state index < -0.39 is 0 Å². The number of rotatable bonds is 2. The van der Waals surface area contributed by atoms with Gasteiger partial charge in [0, 0.05) is 12.5 Å². The Bertz CT molecular complexity index is 718. The maximum Gasteiger partial charge on any atom is 0.138 e. The van der Waals surface area contributed by atoms with E-state index in [-0.39, 0.29) is 0 Å². The number of aromatic nitrogens is 5. The first kappa shape index (κ1) is 10.9. The number of nitrogens with one attached hydrogen (secondary N) is 1. The summed E-state index contributed by atoms with van der Waals surface area (Å²) in [6.07, 6.45) is 5.24. The molecule has 19 heavy (non-hydrogen) atoms. The van der Waals surface area contributed by atoms with E-state index in [1.165, 1.54) is 0 Å². The molecule has 1 atom stereocenters. The van der Waals surface area contributed by atoms with Crippen LogP contribution in [0.25, 0.3) is 10.2 Å². The minimum atomic E-state index is 0.340. The van der Waals surface area contributed by atoms with Crippen molar-refractivity contribution in [1.29, 1.82) is 0 Å². The van der Waals surface area contributed by atoms with Crippen LogP contribution < -0.4 is 5.32 Å². The Balaban J connectivity index is 1.61. The van der Waals surface area contributed by atoms with Crippen molar-refractivity contribution in [2.45, 2.75) is 25.4 Å². The van der Waals surface area contributed by atoms with Crippen LogP contribution in [0.4, 0.5) is 5.82 Å². The van der Waals surface area contributed by atoms with Crippen LogP contribution in [0, 0.1) is 0 Å². The van der Waals surface area contributed by atoms with Crippen LogP contribution >= 0.6 is 11.3 Å². The minimum absolute atomic E-state index is 0.340. The first-order valence-electron chi connectivity index (χ1n) is 6.21. The molecule has 0 fully saturated rings. The summed E-state index contributed by atoms with van der Waals surface area (Å²) in [5.74, 6) is 1.99. The zero-order valence-electron chi connectivity index (χ0n) is 10.2. The summed E-state index contributed by atoms with van der Waals surface area (Å²) < 4.78 is 1.97. The van der Waals surface area contributed by atoms with Gasteiger partial charge in [-0.1, -0.05) is 0 Å². The third-order valence-corrected chi connectivity index (χ3v) is 4.23. The molecule has 3 aromatic heterocycles. The van der Waals surface area contributed by atoms with Gasteiger partial charge in [0.05, 0.1) is 11.9 Å². The summed E-state index contributed by atoms with van der Waals surface area (Å²) in [4.78, 5) is 13.9. The van der Waals surface area contributed by atoms with Crippen molar-refractivity contribution in [3.05, 3.63) is 29.9 Å². The number of fused-ring (bicyclic) bond motifs is 2. The first-order chi connectivity index (χ1) is 9.40. The second-order valence-corrected chi connectivity index (χ2v) is 5.49. The summed E-state index contributed by atoms with van der Waals surface area (Å²) >= 11 is 1.63. The third-order valence-electron chi connectivity index (χ3n) is 3.41. The molecule has 1 unspecified atom stereocenters. The fourth-order valence-corrected chi connectivity index (χ4v) is 3.19. The standard InChI is InChI=1S/C12H12N6S/c1-2-10-13-7-16-18(10)5-8(1)17-11-9-3-4-19-12(9)15-6-14-11/h3-4,6-8H,1-2,5H2,(H,14,15,17). The highest BCUT2D eigenvalue weighted by atomic mass is 32.1. The topological polar surface area (TPSA) is 68.5 Å². The van der Waals surface area contributed by atoms with E-state index in [1.807, 2.05) is 10.1 Å². The lowest BCUT2D eigenvalue weighted by atomic mass is 10.1. The molecule has 4 rings (SSSR count). The number of aryl methyl sites for hydroxylation is 1. The molecule has 1 aliphatic heterocycles. The Kier molecular flexibility index (Phi) is 2.44. The minimum Gasteiger partial charge on any atom is -0.365 e. The molecule has 0 bridgehead atoms. The largest absolute Gasteiger partial charge is 0.365 e. The van der Waals surface area contributed by atoms with Crippen LogP contribution in [0.5, 0.6) is 0 Å². The van der Waals surface area contributed by atoms with Crippen molar-refractivity contribution >= 4 is 27.4 Å². The fraction of sp³-hybridized carbons (Fsp3) is 0.333. The summed E-state index contributed by atoms with van der Waals surface area (Å²) in [5, 5.41) is 10.9. The summed E-state index contributed by atoms with van der Waals surface area (Å²) in [5.41, 5.74) is 0. The SMILES string of the molecule is c1nc(NC2CCc3ncnn3C2)c2ccsc2n1. The Morgan fingerprint density at radius 3 is 3.26 bits per heavy atom. The van der Waals surface area contributed by atoms with Gasteiger partial charge in [-0.05, 0) is 17.9 Å². The smallest absolute Gasteiger partial charge is 0.138 e. The van der Waals surface area contributed by atoms with E-state index in [0.717, 1.165) is 41.2 Å². The van der Waals surface area contributed by atoms with Crippen LogP contribution in [0.3, 0.4) is 0 Å². The van der Waals surface area contributed by atoms with Crippen LogP contribution in [0.15, 0.2) is 24.1 Å². The molecule has 0 aliphatic carbocycles. The van der Waals surface area contributed by atoms with Gasteiger partial charge in [0.1, 0.15) is 29.1 Å². The number of hydrogen-bond acceptors (Lipinski definition) is 6. The first-order valence-corrected chi connectivity index (χ1v) is 7.09. The molecule has 1 aliphatic rings. The third kappa shape index (κ3) is 1.86. The molecule has 1 N–H and O–H groups in total. The Morgan fingerprint density at radius 1 is 1.26 bits per heavy atom. The van der Waals surface area contributed by atoms with Gasteiger partial charge in [0.2, 0.25) is 0 Å². The molecular weight excluding hydrogens is 260 g/mol. The van der Waals surface area contributed by atoms with E-state index in [2.05, 4.69) is 31.4 Å². The summed E-state index contributed by atoms with van der Waals surface area (Å²) in [6.45, 7) is 0.838. The van der Waals surface area contributed by atoms with Gasteiger partial charge in [-0.2, -0.15) is 5.10 Å². The van der Waals surface area contributed by atoms with Gasteiger partial charge >= 0.3 is 0 Å². The molecular formula is C12H12N6S. The summed E-state index contributed by atoms with van der Waals surface area (Å²) in [6, 6.07) is 2.40. The predicted molar refractivity (Wildman–Crippen MR) is 73.2 cm³/mol. The van der Waals surface area contributed by atoms with Crippen molar-refractivity contribution in [2.75, 3.05) is 5.32 Å². The Morgan fingerprint density at radius 2 is 2.26 bits per heavy atom. The van der Waals surface area contributed by atoms with Crippen LogP contribution in [0.1, 0.15) is 12.2 Å². The molecule has 0 saturated heterocycles. The average Bonchev–Trinajstić information content (AvgIpc) is 3.06. The van der Waals surface area contributed by atoms with Gasteiger partial charge in [0.25, 0.3) is 0 Å². The van der Waals surface area contributed by atoms with Crippen molar-refractivity contribution in [3.63, 3.8) is 0 Å². The molecule has 0 saturated carbocycles. The number of hydrogen-bond donors (Lipinski definition) is 1. The maximum atomic E-state index is 4.36. The van der Waals surface area contributed by atoms with Gasteiger partial charge in [-0.3, -0.25) is 0 Å². The lowest BCUT2D eigenvalue weighted by Gasteiger charge is -2.24. The normalized spacial score (nSPS) is 18.4. The van der Waals surface area contributed by atoms with Crippen molar-refractivity contribution in [2.24, 2.45) is 0 Å². The lowest BCUT2D eigenvalue weighted by molar-refractivity contribution is 0.441. The molecule has 0 aromatic carbocycles. The van der Waals surface area contributed by atoms with E-state index >= 15 is 0 Å². The van der Waals surface area contributed by atoms with E-state index in [1.54, 1.807) is 24.0 Å². The zero-order valence-corrected chi connectivity index (χ0v) is 11.0. The molecule has 3 aromatic rings. The van der Waals surface area contributed by atoms with Gasteiger partial charge in [-0.15, -0.1) is 11.3 Å². The second kappa shape index (κ2) is 4.27. The van der Waals surface area contributed by atoms with Gasteiger partial charge < -0.3 is 5.32 Å². The Hall–Kier alpha value is -2.02. The molecule has 4 heterocycles. The average molecular weight is 272 g/mol. The van der Waals surface area contributed by atoms with Gasteiger partial charge in [-0.25, -0.2) is 19.6 Å². The molecule has 7 heteroatoms. The second-order valence-electron chi connectivity index (χ2n) is 4.60. The van der Waals surface area contributed by atoms with Crippen molar-refractivity contribution < 1.29 is 0 Å². The van der Waals surface area contributed by atoms with Gasteiger partial charge in [0.15, 0.2) is 0 Å². The molecule has 6 nitrogen and oxygen atoms in total. The van der Waals surface area contributed by atoms with Crippen LogP contribution in [0.2, 0.25) is 0 Å². The Labute approximate surface area is 113 Å². The molecule has 0 amide bonds. The van der Waals surface area contributed by atoms with Crippen molar-refractivity contribution in [3.8, 4) is 0 Å². The highest BCUT2D eigenvalue weighted by Crippen LogP contribution is 2.25. The molecule has 0 spiro atoms. The summed E-state index contributed by atoms with van der Waals surface area (Å²) in [7, 11) is 0. The number of nitrogens with zero attached hydrogens (tertiary/aromatic N) is 5. The number of thiophene rings is 1. The maximum absolute atomic E-state index is 4.36. The monoisotopic (exact) mass is 272 g/mol. The fourth-order valence-electron chi connectivity index (χ4n) is 2.45. The van der Waals surface area contributed by atoms with E-state index in [4.69, 9.17) is 0 Å². The molecule has 0 radical (unpaired) electrons. The highest BCUT2D eigenvalue weighted by Gasteiger charge is 2.20. The quantitative estimate of drug-likeness (QED) is 0.769. The van der Waals surface area contributed by atoms with E-state index in [0.29, 0.717) is 6.04 Å². The highest BCUT2D eigenvalue weighted by molar-refractivity contribution is 7.16.